The van der Waals surface area contributed by atoms with Gasteiger partial charge in [0.15, 0.2) is 0 Å². The topological polar surface area (TPSA) is 118 Å². The molecule has 0 radical (unpaired) electrons. The zero-order chi connectivity index (χ0) is 23.7. The number of hydrogen-bond donors (Lipinski definition) is 3. The number of benzene rings is 2. The maximum atomic E-state index is 12.4. The normalized spacial score (nSPS) is 15.2. The number of aliphatic carboxylic acids is 1. The Morgan fingerprint density at radius 3 is 2.32 bits per heavy atom. The van der Waals surface area contributed by atoms with Gasteiger partial charge in [0.1, 0.15) is 23.4 Å². The number of amides is 2. The second kappa shape index (κ2) is 9.26. The third kappa shape index (κ3) is 4.51. The highest BCUT2D eigenvalue weighted by atomic mass is 32.1. The molecule has 3 aromatic rings. The smallest absolute Gasteiger partial charge is 0.407 e. The highest BCUT2D eigenvalue weighted by Gasteiger charge is 2.37. The van der Waals surface area contributed by atoms with Crippen molar-refractivity contribution in [1.82, 2.24) is 15.6 Å². The molecule has 0 spiro atoms. The number of thiazole rings is 1. The van der Waals surface area contributed by atoms with Crippen LogP contribution in [0.15, 0.2) is 53.9 Å². The molecule has 1 aromatic heterocycles. The van der Waals surface area contributed by atoms with Crippen molar-refractivity contribution in [3.8, 4) is 11.1 Å². The summed E-state index contributed by atoms with van der Waals surface area (Å²) >= 11 is 1.21. The van der Waals surface area contributed by atoms with Crippen molar-refractivity contribution in [3.05, 3.63) is 75.7 Å². The van der Waals surface area contributed by atoms with Crippen LogP contribution in [-0.2, 0) is 16.1 Å². The van der Waals surface area contributed by atoms with Crippen molar-refractivity contribution in [1.29, 1.82) is 0 Å². The van der Waals surface area contributed by atoms with Crippen molar-refractivity contribution in [2.24, 2.45) is 5.92 Å². The lowest BCUT2D eigenvalue weighted by Gasteiger charge is -2.14. The van der Waals surface area contributed by atoms with E-state index in [-0.39, 0.29) is 30.7 Å². The van der Waals surface area contributed by atoms with Gasteiger partial charge in [-0.15, -0.1) is 11.3 Å². The van der Waals surface area contributed by atoms with Gasteiger partial charge >= 0.3 is 12.1 Å². The Kier molecular flexibility index (Phi) is 6.02. The number of alkyl carbamates (subject to hydrolysis) is 1. The van der Waals surface area contributed by atoms with E-state index < -0.39 is 24.0 Å². The molecule has 0 bridgehead atoms. The van der Waals surface area contributed by atoms with E-state index in [1.54, 1.807) is 5.38 Å². The highest BCUT2D eigenvalue weighted by Crippen LogP contribution is 2.44. The van der Waals surface area contributed by atoms with Crippen molar-refractivity contribution in [2.75, 3.05) is 6.61 Å². The van der Waals surface area contributed by atoms with Gasteiger partial charge in [0.05, 0.1) is 6.54 Å². The van der Waals surface area contributed by atoms with Gasteiger partial charge in [-0.3, -0.25) is 4.79 Å². The minimum Gasteiger partial charge on any atom is -0.480 e. The number of carboxylic acid groups (broad SMARTS) is 1. The summed E-state index contributed by atoms with van der Waals surface area (Å²) in [6.45, 7) is 0.322. The van der Waals surface area contributed by atoms with Crippen molar-refractivity contribution in [3.63, 3.8) is 0 Å². The van der Waals surface area contributed by atoms with Crippen LogP contribution in [0.3, 0.4) is 0 Å². The predicted octanol–water partition coefficient (Wildman–Crippen LogP) is 3.77. The molecule has 9 heteroatoms. The fourth-order valence-corrected chi connectivity index (χ4v) is 5.03. The van der Waals surface area contributed by atoms with Gasteiger partial charge in [0.2, 0.25) is 0 Å². The van der Waals surface area contributed by atoms with Crippen molar-refractivity contribution in [2.45, 2.75) is 31.3 Å². The molecule has 1 atom stereocenters. The summed E-state index contributed by atoms with van der Waals surface area (Å²) in [6, 6.07) is 15.3. The standard InChI is InChI=1S/C25H23N3O5S/c29-23(28-22(24(30)31)14-9-10-14)20-13-34-21(27-20)11-26-25(32)33-12-19-17-7-3-1-5-15(17)16-6-2-4-8-18(16)19/h1-8,13-14,19,22H,9-12H2,(H,26,32)(H,28,29)(H,30,31). The first-order valence-corrected chi connectivity index (χ1v) is 12.0. The quantitative estimate of drug-likeness (QED) is 0.455. The van der Waals surface area contributed by atoms with Crippen LogP contribution in [0, 0.1) is 5.92 Å². The van der Waals surface area contributed by atoms with E-state index in [1.165, 1.54) is 11.3 Å². The summed E-state index contributed by atoms with van der Waals surface area (Å²) in [4.78, 5) is 40.2. The lowest BCUT2D eigenvalue weighted by Crippen LogP contribution is -2.42. The lowest BCUT2D eigenvalue weighted by atomic mass is 9.98. The molecule has 2 aliphatic carbocycles. The van der Waals surface area contributed by atoms with Crippen molar-refractivity contribution < 1.29 is 24.2 Å². The third-order valence-corrected chi connectivity index (χ3v) is 7.01. The van der Waals surface area contributed by atoms with Gasteiger partial charge in [0.25, 0.3) is 5.91 Å². The van der Waals surface area contributed by atoms with E-state index in [1.807, 2.05) is 24.3 Å². The van der Waals surface area contributed by atoms with E-state index >= 15 is 0 Å². The number of rotatable bonds is 8. The van der Waals surface area contributed by atoms with E-state index in [0.29, 0.717) is 5.01 Å². The molecule has 3 N–H and O–H groups in total. The van der Waals surface area contributed by atoms with Gasteiger partial charge in [0, 0.05) is 11.3 Å². The SMILES string of the molecule is O=C(NCc1nc(C(=O)NC(C(=O)O)C2CC2)cs1)OCC1c2ccccc2-c2ccccc21. The van der Waals surface area contributed by atoms with Gasteiger partial charge in [-0.1, -0.05) is 48.5 Å². The number of fused-ring (bicyclic) bond motifs is 3. The first-order valence-electron chi connectivity index (χ1n) is 11.1. The number of carboxylic acids is 1. The van der Waals surface area contributed by atoms with E-state index in [0.717, 1.165) is 35.1 Å². The molecule has 1 fully saturated rings. The number of ether oxygens (including phenoxy) is 1. The fraction of sp³-hybridized carbons (Fsp3) is 0.280. The van der Waals surface area contributed by atoms with Crippen LogP contribution < -0.4 is 10.6 Å². The number of carbonyl (C=O) groups is 3. The van der Waals surface area contributed by atoms with E-state index in [4.69, 9.17) is 4.74 Å². The second-order valence-corrected chi connectivity index (χ2v) is 9.38. The molecule has 2 amide bonds. The maximum absolute atomic E-state index is 12.4. The minimum atomic E-state index is -1.04. The number of aromatic nitrogens is 1. The first-order chi connectivity index (χ1) is 16.5. The second-order valence-electron chi connectivity index (χ2n) is 8.43. The van der Waals surface area contributed by atoms with E-state index in [9.17, 15) is 19.5 Å². The van der Waals surface area contributed by atoms with Gasteiger partial charge in [-0.05, 0) is 41.0 Å². The molecule has 174 valence electrons. The Balaban J connectivity index is 1.15. The van der Waals surface area contributed by atoms with Crippen LogP contribution in [-0.4, -0.2) is 40.7 Å². The summed E-state index contributed by atoms with van der Waals surface area (Å²) < 4.78 is 5.51. The lowest BCUT2D eigenvalue weighted by molar-refractivity contribution is -0.139. The van der Waals surface area contributed by atoms with Gasteiger partial charge in [-0.25, -0.2) is 14.6 Å². The van der Waals surface area contributed by atoms with E-state index in [2.05, 4.69) is 39.9 Å². The Hall–Kier alpha value is -3.72. The molecular formula is C25H23N3O5S. The fourth-order valence-electron chi connectivity index (χ4n) is 4.32. The van der Waals surface area contributed by atoms with Crippen LogP contribution in [0.25, 0.3) is 11.1 Å². The summed E-state index contributed by atoms with van der Waals surface area (Å²) in [5.74, 6) is -1.61. The minimum absolute atomic E-state index is 0.0187. The van der Waals surface area contributed by atoms with Crippen LogP contribution in [0.5, 0.6) is 0 Å². The first kappa shape index (κ1) is 22.1. The molecule has 0 aliphatic heterocycles. The molecule has 34 heavy (non-hydrogen) atoms. The van der Waals surface area contributed by atoms with Crippen molar-refractivity contribution >= 4 is 29.3 Å². The number of nitrogens with zero attached hydrogens (tertiary/aromatic N) is 1. The van der Waals surface area contributed by atoms with Gasteiger partial charge in [-0.2, -0.15) is 0 Å². The van der Waals surface area contributed by atoms with Gasteiger partial charge < -0.3 is 20.5 Å². The Morgan fingerprint density at radius 1 is 1.06 bits per heavy atom. The van der Waals surface area contributed by atoms with Crippen LogP contribution in [0.2, 0.25) is 0 Å². The van der Waals surface area contributed by atoms with Crippen LogP contribution >= 0.6 is 11.3 Å². The molecule has 2 aromatic carbocycles. The zero-order valence-corrected chi connectivity index (χ0v) is 19.0. The summed E-state index contributed by atoms with van der Waals surface area (Å²) in [7, 11) is 0. The molecule has 1 unspecified atom stereocenters. The molecule has 1 heterocycles. The molecular weight excluding hydrogens is 454 g/mol. The molecule has 0 saturated heterocycles. The number of hydrogen-bond acceptors (Lipinski definition) is 6. The molecule has 1 saturated carbocycles. The largest absolute Gasteiger partial charge is 0.480 e. The third-order valence-electron chi connectivity index (χ3n) is 6.16. The zero-order valence-electron chi connectivity index (χ0n) is 18.2. The number of carbonyl (C=O) groups excluding carboxylic acids is 2. The summed E-state index contributed by atoms with van der Waals surface area (Å²) in [6.07, 6.45) is 1.02. The van der Waals surface area contributed by atoms with Crippen LogP contribution in [0.4, 0.5) is 4.79 Å². The Bertz CT molecular complexity index is 1210. The average Bonchev–Trinajstić information content (AvgIpc) is 3.48. The predicted molar refractivity (Wildman–Crippen MR) is 126 cm³/mol. The highest BCUT2D eigenvalue weighted by molar-refractivity contribution is 7.09. The summed E-state index contributed by atoms with van der Waals surface area (Å²) in [5, 5.41) is 16.6. The maximum Gasteiger partial charge on any atom is 0.407 e. The van der Waals surface area contributed by atoms with Crippen LogP contribution in [0.1, 0.15) is 45.4 Å². The Morgan fingerprint density at radius 2 is 1.71 bits per heavy atom. The molecule has 5 rings (SSSR count). The summed E-state index contributed by atoms with van der Waals surface area (Å²) in [5.41, 5.74) is 4.73. The average molecular weight is 478 g/mol. The number of nitrogens with one attached hydrogen (secondary N) is 2. The monoisotopic (exact) mass is 477 g/mol. The molecule has 8 nitrogen and oxygen atoms in total. The Labute approximate surface area is 200 Å². The molecule has 2 aliphatic rings.